The third-order valence-corrected chi connectivity index (χ3v) is 2.62. The number of thiophene rings is 1. The number of hydrogen-bond donors (Lipinski definition) is 1. The van der Waals surface area contributed by atoms with Crippen LogP contribution in [0.1, 0.15) is 12.6 Å². The fraction of sp³-hybridized carbons (Fsp3) is 0.200. The van der Waals surface area contributed by atoms with Gasteiger partial charge in [0.15, 0.2) is 5.82 Å². The summed E-state index contributed by atoms with van der Waals surface area (Å²) < 4.78 is 0. The summed E-state index contributed by atoms with van der Waals surface area (Å²) in [6.45, 7) is 2.05. The lowest BCUT2D eigenvalue weighted by Crippen LogP contribution is -1.98. The van der Waals surface area contributed by atoms with Crippen LogP contribution in [0.4, 0.5) is 5.82 Å². The van der Waals surface area contributed by atoms with Crippen LogP contribution in [0.3, 0.4) is 0 Å². The van der Waals surface area contributed by atoms with Crippen LogP contribution in [0.5, 0.6) is 0 Å². The first kappa shape index (κ1) is 9.15. The van der Waals surface area contributed by atoms with Crippen molar-refractivity contribution in [3.8, 4) is 11.4 Å². The van der Waals surface area contributed by atoms with Crippen LogP contribution in [-0.2, 0) is 6.42 Å². The highest BCUT2D eigenvalue weighted by Crippen LogP contribution is 2.19. The van der Waals surface area contributed by atoms with E-state index in [9.17, 15) is 0 Å². The Kier molecular flexibility index (Phi) is 2.45. The van der Waals surface area contributed by atoms with E-state index >= 15 is 0 Å². The molecular weight excluding hydrogens is 194 g/mol. The zero-order chi connectivity index (χ0) is 9.97. The number of aryl methyl sites for hydroxylation is 1. The maximum Gasteiger partial charge on any atom is 0.162 e. The molecule has 0 aliphatic carbocycles. The number of anilines is 1. The zero-order valence-electron chi connectivity index (χ0n) is 7.90. The van der Waals surface area contributed by atoms with Crippen LogP contribution < -0.4 is 5.73 Å². The van der Waals surface area contributed by atoms with Gasteiger partial charge in [0.2, 0.25) is 0 Å². The summed E-state index contributed by atoms with van der Waals surface area (Å²) in [5, 5.41) is 4.03. The molecule has 3 nitrogen and oxygen atoms in total. The lowest BCUT2D eigenvalue weighted by molar-refractivity contribution is 1.01. The molecule has 0 atom stereocenters. The second-order valence-electron chi connectivity index (χ2n) is 2.97. The van der Waals surface area contributed by atoms with Crippen LogP contribution in [-0.4, -0.2) is 9.97 Å². The predicted octanol–water partition coefficient (Wildman–Crippen LogP) is 2.35. The summed E-state index contributed by atoms with van der Waals surface area (Å²) in [6.07, 6.45) is 0.879. The summed E-state index contributed by atoms with van der Waals surface area (Å²) >= 11 is 1.63. The Balaban J connectivity index is 2.48. The van der Waals surface area contributed by atoms with Gasteiger partial charge in [-0.15, -0.1) is 0 Å². The fourth-order valence-electron chi connectivity index (χ4n) is 1.22. The van der Waals surface area contributed by atoms with Crippen molar-refractivity contribution < 1.29 is 0 Å². The van der Waals surface area contributed by atoms with Gasteiger partial charge in [0.1, 0.15) is 5.82 Å². The highest BCUT2D eigenvalue weighted by atomic mass is 32.1. The van der Waals surface area contributed by atoms with Crippen molar-refractivity contribution in [2.24, 2.45) is 0 Å². The first-order valence-corrected chi connectivity index (χ1v) is 5.40. The highest BCUT2D eigenvalue weighted by molar-refractivity contribution is 7.08. The molecule has 14 heavy (non-hydrogen) atoms. The third kappa shape index (κ3) is 1.75. The van der Waals surface area contributed by atoms with Crippen LogP contribution >= 0.6 is 11.3 Å². The molecule has 2 N–H and O–H groups in total. The van der Waals surface area contributed by atoms with Crippen LogP contribution in [0.2, 0.25) is 0 Å². The maximum absolute atomic E-state index is 5.69. The number of nitrogen functional groups attached to an aromatic ring is 1. The molecule has 0 aliphatic rings. The van der Waals surface area contributed by atoms with Crippen molar-refractivity contribution >= 4 is 17.2 Å². The van der Waals surface area contributed by atoms with E-state index in [1.165, 1.54) is 0 Å². The summed E-state index contributed by atoms with van der Waals surface area (Å²) in [7, 11) is 0. The van der Waals surface area contributed by atoms with Gasteiger partial charge in [-0.05, 0) is 17.9 Å². The van der Waals surface area contributed by atoms with Crippen molar-refractivity contribution in [2.75, 3.05) is 5.73 Å². The molecule has 2 aromatic heterocycles. The Morgan fingerprint density at radius 2 is 2.29 bits per heavy atom. The Hall–Kier alpha value is -1.42. The minimum Gasteiger partial charge on any atom is -0.384 e. The molecule has 4 heteroatoms. The largest absolute Gasteiger partial charge is 0.384 e. The summed E-state index contributed by atoms with van der Waals surface area (Å²) in [4.78, 5) is 8.61. The minimum atomic E-state index is 0.540. The number of nitrogens with two attached hydrogens (primary N) is 1. The van der Waals surface area contributed by atoms with Crippen molar-refractivity contribution in [3.63, 3.8) is 0 Å². The van der Waals surface area contributed by atoms with E-state index in [1.807, 2.05) is 22.9 Å². The second-order valence-corrected chi connectivity index (χ2v) is 3.75. The van der Waals surface area contributed by atoms with E-state index in [-0.39, 0.29) is 0 Å². The molecule has 0 unspecified atom stereocenters. The molecule has 0 aromatic carbocycles. The molecule has 0 bridgehead atoms. The van der Waals surface area contributed by atoms with Gasteiger partial charge in [0, 0.05) is 22.7 Å². The Bertz CT molecular complexity index is 423. The molecule has 2 aromatic rings. The first-order chi connectivity index (χ1) is 6.79. The van der Waals surface area contributed by atoms with Gasteiger partial charge in [-0.25, -0.2) is 9.97 Å². The van der Waals surface area contributed by atoms with Gasteiger partial charge in [-0.3, -0.25) is 0 Å². The molecule has 2 heterocycles. The smallest absolute Gasteiger partial charge is 0.162 e. The van der Waals surface area contributed by atoms with E-state index in [0.717, 1.165) is 23.5 Å². The van der Waals surface area contributed by atoms with Crippen molar-refractivity contribution in [1.82, 2.24) is 9.97 Å². The Morgan fingerprint density at radius 3 is 2.93 bits per heavy atom. The zero-order valence-corrected chi connectivity index (χ0v) is 8.71. The third-order valence-electron chi connectivity index (χ3n) is 1.94. The molecular formula is C10H11N3S. The highest BCUT2D eigenvalue weighted by Gasteiger charge is 2.04. The normalized spacial score (nSPS) is 10.4. The predicted molar refractivity (Wildman–Crippen MR) is 59.1 cm³/mol. The first-order valence-electron chi connectivity index (χ1n) is 4.45. The number of rotatable bonds is 2. The molecule has 0 spiro atoms. The quantitative estimate of drug-likeness (QED) is 0.818. The average molecular weight is 205 g/mol. The van der Waals surface area contributed by atoms with Crippen molar-refractivity contribution in [2.45, 2.75) is 13.3 Å². The molecule has 0 amide bonds. The second kappa shape index (κ2) is 3.75. The lowest BCUT2D eigenvalue weighted by Gasteiger charge is -2.01. The SMILES string of the molecule is CCc1cc(N)nc(-c2ccsc2)n1. The van der Waals surface area contributed by atoms with E-state index in [4.69, 9.17) is 5.73 Å². The molecule has 0 saturated heterocycles. The summed E-state index contributed by atoms with van der Waals surface area (Å²) in [6, 6.07) is 3.81. The maximum atomic E-state index is 5.69. The van der Waals surface area contributed by atoms with E-state index in [2.05, 4.69) is 16.9 Å². The summed E-state index contributed by atoms with van der Waals surface area (Å²) in [5.41, 5.74) is 7.72. The Morgan fingerprint density at radius 1 is 1.43 bits per heavy atom. The van der Waals surface area contributed by atoms with E-state index < -0.39 is 0 Å². The summed E-state index contributed by atoms with van der Waals surface area (Å²) in [5.74, 6) is 1.26. The van der Waals surface area contributed by atoms with Gasteiger partial charge >= 0.3 is 0 Å². The molecule has 0 radical (unpaired) electrons. The lowest BCUT2D eigenvalue weighted by atomic mass is 10.2. The van der Waals surface area contributed by atoms with E-state index in [0.29, 0.717) is 5.82 Å². The van der Waals surface area contributed by atoms with Gasteiger partial charge in [0.25, 0.3) is 0 Å². The molecule has 0 saturated carbocycles. The number of nitrogens with zero attached hydrogens (tertiary/aromatic N) is 2. The molecule has 72 valence electrons. The van der Waals surface area contributed by atoms with Crippen LogP contribution in [0, 0.1) is 0 Å². The van der Waals surface area contributed by atoms with Gasteiger partial charge in [0.05, 0.1) is 0 Å². The van der Waals surface area contributed by atoms with Gasteiger partial charge in [-0.1, -0.05) is 6.92 Å². The monoisotopic (exact) mass is 205 g/mol. The number of aromatic nitrogens is 2. The van der Waals surface area contributed by atoms with Crippen molar-refractivity contribution in [3.05, 3.63) is 28.6 Å². The molecule has 0 aliphatic heterocycles. The molecule has 0 fully saturated rings. The van der Waals surface area contributed by atoms with Gasteiger partial charge < -0.3 is 5.73 Å². The Labute approximate surface area is 86.6 Å². The standard InChI is InChI=1S/C10H11N3S/c1-2-8-5-9(11)13-10(12-8)7-3-4-14-6-7/h3-6H,2H2,1H3,(H2,11,12,13). The fourth-order valence-corrected chi connectivity index (χ4v) is 1.85. The van der Waals surface area contributed by atoms with Crippen molar-refractivity contribution in [1.29, 1.82) is 0 Å². The number of hydrogen-bond acceptors (Lipinski definition) is 4. The average Bonchev–Trinajstić information content (AvgIpc) is 2.69. The van der Waals surface area contributed by atoms with Crippen LogP contribution in [0.25, 0.3) is 11.4 Å². The molecule has 2 rings (SSSR count). The van der Waals surface area contributed by atoms with Crippen LogP contribution in [0.15, 0.2) is 22.9 Å². The topological polar surface area (TPSA) is 51.8 Å². The van der Waals surface area contributed by atoms with E-state index in [1.54, 1.807) is 11.3 Å². The van der Waals surface area contributed by atoms with Gasteiger partial charge in [-0.2, -0.15) is 11.3 Å². The minimum absolute atomic E-state index is 0.540.